The fraction of sp³-hybridized carbons (Fsp3) is 0.333. The lowest BCUT2D eigenvalue weighted by atomic mass is 10.2. The summed E-state index contributed by atoms with van der Waals surface area (Å²) in [5.41, 5.74) is 0.952. The Kier molecular flexibility index (Phi) is 6.38. The summed E-state index contributed by atoms with van der Waals surface area (Å²) in [6, 6.07) is 8.37. The van der Waals surface area contributed by atoms with E-state index < -0.39 is 12.0 Å². The third-order valence-corrected chi connectivity index (χ3v) is 2.66. The van der Waals surface area contributed by atoms with Gasteiger partial charge in [-0.3, -0.25) is 4.79 Å². The van der Waals surface area contributed by atoms with Crippen LogP contribution in [0.1, 0.15) is 5.56 Å². The van der Waals surface area contributed by atoms with Crippen molar-refractivity contribution in [2.24, 2.45) is 0 Å². The van der Waals surface area contributed by atoms with Crippen LogP contribution in [0.4, 0.5) is 0 Å². The number of carboxylic acid groups (broad SMARTS) is 1. The molecule has 18 heavy (non-hydrogen) atoms. The van der Waals surface area contributed by atoms with Gasteiger partial charge in [-0.05, 0) is 5.56 Å². The van der Waals surface area contributed by atoms with E-state index in [1.807, 2.05) is 30.3 Å². The minimum Gasteiger partial charge on any atom is -0.480 e. The zero-order valence-electron chi connectivity index (χ0n) is 9.64. The van der Waals surface area contributed by atoms with Crippen LogP contribution < -0.4 is 5.32 Å². The van der Waals surface area contributed by atoms with Crippen molar-refractivity contribution < 1.29 is 19.4 Å². The van der Waals surface area contributed by atoms with Crippen molar-refractivity contribution in [2.75, 3.05) is 11.9 Å². The fourth-order valence-electron chi connectivity index (χ4n) is 1.28. The summed E-state index contributed by atoms with van der Waals surface area (Å²) in [5, 5.41) is 11.3. The molecule has 1 atom stereocenters. The SMILES string of the molecule is O=C(CBr)N[C@@H](COCc1ccccc1)C(=O)O. The molecular formula is C12H14BrNO4. The molecule has 0 spiro atoms. The summed E-state index contributed by atoms with van der Waals surface area (Å²) < 4.78 is 5.28. The fourth-order valence-corrected chi connectivity index (χ4v) is 1.44. The molecule has 1 rings (SSSR count). The van der Waals surface area contributed by atoms with E-state index in [9.17, 15) is 9.59 Å². The first kappa shape index (κ1) is 14.7. The van der Waals surface area contributed by atoms with Gasteiger partial charge < -0.3 is 15.2 Å². The lowest BCUT2D eigenvalue weighted by Crippen LogP contribution is -2.44. The zero-order chi connectivity index (χ0) is 13.4. The van der Waals surface area contributed by atoms with E-state index in [1.54, 1.807) is 0 Å². The molecule has 1 aromatic carbocycles. The first-order valence-corrected chi connectivity index (χ1v) is 6.45. The highest BCUT2D eigenvalue weighted by Gasteiger charge is 2.19. The molecule has 1 amide bonds. The molecule has 0 aliphatic rings. The normalized spacial score (nSPS) is 11.8. The summed E-state index contributed by atoms with van der Waals surface area (Å²) in [4.78, 5) is 22.0. The molecule has 0 aliphatic heterocycles. The molecular weight excluding hydrogens is 302 g/mol. The van der Waals surface area contributed by atoms with E-state index in [2.05, 4.69) is 21.2 Å². The van der Waals surface area contributed by atoms with Gasteiger partial charge in [0.25, 0.3) is 0 Å². The highest BCUT2D eigenvalue weighted by atomic mass is 79.9. The molecule has 6 heteroatoms. The molecule has 0 aromatic heterocycles. The van der Waals surface area contributed by atoms with Crippen molar-refractivity contribution in [3.63, 3.8) is 0 Å². The highest BCUT2D eigenvalue weighted by molar-refractivity contribution is 9.09. The van der Waals surface area contributed by atoms with Crippen LogP contribution in [-0.2, 0) is 20.9 Å². The number of carbonyl (C=O) groups excluding carboxylic acids is 1. The van der Waals surface area contributed by atoms with Crippen molar-refractivity contribution in [3.8, 4) is 0 Å². The Morgan fingerprint density at radius 3 is 2.56 bits per heavy atom. The van der Waals surface area contributed by atoms with Gasteiger partial charge in [-0.15, -0.1) is 0 Å². The summed E-state index contributed by atoms with van der Waals surface area (Å²) in [6.45, 7) is 0.248. The maximum Gasteiger partial charge on any atom is 0.328 e. The Bertz CT molecular complexity index is 396. The molecule has 0 heterocycles. The average Bonchev–Trinajstić information content (AvgIpc) is 2.38. The molecule has 0 fully saturated rings. The number of carbonyl (C=O) groups is 2. The monoisotopic (exact) mass is 315 g/mol. The van der Waals surface area contributed by atoms with Crippen molar-refractivity contribution in [3.05, 3.63) is 35.9 Å². The minimum absolute atomic E-state index is 0.0649. The van der Waals surface area contributed by atoms with Crippen molar-refractivity contribution >= 4 is 27.8 Å². The van der Waals surface area contributed by atoms with Crippen LogP contribution in [0.25, 0.3) is 0 Å². The predicted molar refractivity (Wildman–Crippen MR) is 69.5 cm³/mol. The number of carboxylic acids is 1. The number of halogens is 1. The molecule has 0 radical (unpaired) electrons. The second-order valence-corrected chi connectivity index (χ2v) is 4.15. The van der Waals surface area contributed by atoms with E-state index in [1.165, 1.54) is 0 Å². The molecule has 0 bridgehead atoms. The second-order valence-electron chi connectivity index (χ2n) is 3.59. The maximum atomic E-state index is 11.1. The minimum atomic E-state index is -1.11. The van der Waals surface area contributed by atoms with Crippen molar-refractivity contribution in [1.29, 1.82) is 0 Å². The molecule has 1 aromatic rings. The van der Waals surface area contributed by atoms with Crippen molar-refractivity contribution in [2.45, 2.75) is 12.6 Å². The number of rotatable bonds is 7. The van der Waals surface area contributed by atoms with Gasteiger partial charge >= 0.3 is 5.97 Å². The quantitative estimate of drug-likeness (QED) is 0.741. The van der Waals surface area contributed by atoms with Gasteiger partial charge in [0.15, 0.2) is 6.04 Å². The van der Waals surface area contributed by atoms with Gasteiger partial charge in [-0.25, -0.2) is 4.79 Å². The van der Waals surface area contributed by atoms with Crippen LogP contribution >= 0.6 is 15.9 Å². The van der Waals surface area contributed by atoms with Crippen LogP contribution in [0.2, 0.25) is 0 Å². The number of alkyl halides is 1. The lowest BCUT2D eigenvalue weighted by molar-refractivity contribution is -0.143. The highest BCUT2D eigenvalue weighted by Crippen LogP contribution is 2.01. The van der Waals surface area contributed by atoms with Gasteiger partial charge in [0.2, 0.25) is 5.91 Å². The van der Waals surface area contributed by atoms with E-state index in [0.29, 0.717) is 6.61 Å². The Hall–Kier alpha value is -1.40. The van der Waals surface area contributed by atoms with Crippen LogP contribution in [-0.4, -0.2) is 35.0 Å². The van der Waals surface area contributed by atoms with Gasteiger partial charge in [-0.2, -0.15) is 0 Å². The van der Waals surface area contributed by atoms with E-state index >= 15 is 0 Å². The van der Waals surface area contributed by atoms with E-state index in [4.69, 9.17) is 9.84 Å². The third kappa shape index (κ3) is 5.29. The number of amides is 1. The molecule has 0 unspecified atom stereocenters. The predicted octanol–water partition coefficient (Wildman–Crippen LogP) is 1.17. The molecule has 5 nitrogen and oxygen atoms in total. The summed E-state index contributed by atoms with van der Waals surface area (Å²) in [6.07, 6.45) is 0. The number of benzene rings is 1. The largest absolute Gasteiger partial charge is 0.480 e. The Morgan fingerprint density at radius 2 is 2.00 bits per heavy atom. The molecule has 98 valence electrons. The Balaban J connectivity index is 2.38. The number of nitrogens with one attached hydrogen (secondary N) is 1. The standard InChI is InChI=1S/C12H14BrNO4/c13-6-11(15)14-10(12(16)17)8-18-7-9-4-2-1-3-5-9/h1-5,10H,6-8H2,(H,14,15)(H,16,17)/t10-/m0/s1. The molecule has 0 aliphatic carbocycles. The number of hydrogen-bond donors (Lipinski definition) is 2. The summed E-state index contributed by atoms with van der Waals surface area (Å²) in [7, 11) is 0. The molecule has 0 saturated carbocycles. The summed E-state index contributed by atoms with van der Waals surface area (Å²) >= 11 is 2.95. The molecule has 0 saturated heterocycles. The van der Waals surface area contributed by atoms with Gasteiger partial charge in [-0.1, -0.05) is 46.3 Å². The average molecular weight is 316 g/mol. The Labute approximate surface area is 113 Å². The van der Waals surface area contributed by atoms with Crippen LogP contribution in [0, 0.1) is 0 Å². The smallest absolute Gasteiger partial charge is 0.328 e. The van der Waals surface area contributed by atoms with E-state index in [0.717, 1.165) is 5.56 Å². The maximum absolute atomic E-state index is 11.1. The van der Waals surface area contributed by atoms with Gasteiger partial charge in [0, 0.05) is 0 Å². The topological polar surface area (TPSA) is 75.6 Å². The summed E-state index contributed by atoms with van der Waals surface area (Å²) in [5.74, 6) is -1.50. The zero-order valence-corrected chi connectivity index (χ0v) is 11.2. The first-order chi connectivity index (χ1) is 8.63. The number of ether oxygens (including phenoxy) is 1. The lowest BCUT2D eigenvalue weighted by Gasteiger charge is -2.14. The molecule has 2 N–H and O–H groups in total. The number of hydrogen-bond acceptors (Lipinski definition) is 3. The van der Waals surface area contributed by atoms with Crippen LogP contribution in [0.15, 0.2) is 30.3 Å². The Morgan fingerprint density at radius 1 is 1.33 bits per heavy atom. The third-order valence-electron chi connectivity index (χ3n) is 2.15. The van der Waals surface area contributed by atoms with Crippen molar-refractivity contribution in [1.82, 2.24) is 5.32 Å². The van der Waals surface area contributed by atoms with Crippen LogP contribution in [0.5, 0.6) is 0 Å². The van der Waals surface area contributed by atoms with E-state index in [-0.39, 0.29) is 17.8 Å². The second kappa shape index (κ2) is 7.84. The number of aliphatic carboxylic acids is 1. The van der Waals surface area contributed by atoms with Crippen LogP contribution in [0.3, 0.4) is 0 Å². The van der Waals surface area contributed by atoms with Gasteiger partial charge in [0.05, 0.1) is 18.5 Å². The van der Waals surface area contributed by atoms with Gasteiger partial charge in [0.1, 0.15) is 0 Å². The first-order valence-electron chi connectivity index (χ1n) is 5.33.